The molecule has 0 aliphatic carbocycles. The second-order valence-corrected chi connectivity index (χ2v) is 8.14. The monoisotopic (exact) mass is 442 g/mol. The molecule has 0 amide bonds. The molecule has 5 aromatic rings. The predicted octanol–water partition coefficient (Wildman–Crippen LogP) is 6.18. The smallest absolute Gasteiger partial charge is 0.163 e. The van der Waals surface area contributed by atoms with Gasteiger partial charge < -0.3 is 10.1 Å². The Bertz CT molecular complexity index is 1370. The van der Waals surface area contributed by atoms with E-state index < -0.39 is 0 Å². The van der Waals surface area contributed by atoms with E-state index in [4.69, 9.17) is 9.72 Å². The highest BCUT2D eigenvalue weighted by Crippen LogP contribution is 2.37. The molecule has 0 bridgehead atoms. The average Bonchev–Trinajstić information content (AvgIpc) is 3.36. The van der Waals surface area contributed by atoms with Gasteiger partial charge in [-0.15, -0.1) is 11.3 Å². The molecule has 0 unspecified atom stereocenters. The van der Waals surface area contributed by atoms with Crippen LogP contribution in [-0.4, -0.2) is 22.0 Å². The van der Waals surface area contributed by atoms with Gasteiger partial charge >= 0.3 is 0 Å². The van der Waals surface area contributed by atoms with Gasteiger partial charge in [0.2, 0.25) is 0 Å². The molecule has 0 saturated heterocycles. The summed E-state index contributed by atoms with van der Waals surface area (Å²) in [5.74, 6) is 1.44. The van der Waals surface area contributed by atoms with Crippen LogP contribution in [0.4, 0.5) is 10.2 Å². The number of nitrogens with zero attached hydrogens (tertiary/aromatic N) is 3. The normalized spacial score (nSPS) is 10.9. The molecule has 7 heteroatoms. The summed E-state index contributed by atoms with van der Waals surface area (Å²) in [5, 5.41) is 5.91. The Kier molecular flexibility index (Phi) is 5.47. The van der Waals surface area contributed by atoms with Gasteiger partial charge in [-0.25, -0.2) is 14.4 Å². The molecule has 32 heavy (non-hydrogen) atoms. The highest BCUT2D eigenvalue weighted by Gasteiger charge is 2.17. The van der Waals surface area contributed by atoms with Gasteiger partial charge in [-0.1, -0.05) is 24.3 Å². The van der Waals surface area contributed by atoms with Crippen molar-refractivity contribution < 1.29 is 9.13 Å². The molecule has 3 aromatic heterocycles. The number of fused-ring (bicyclic) bond motifs is 1. The molecule has 0 fully saturated rings. The van der Waals surface area contributed by atoms with E-state index in [-0.39, 0.29) is 5.82 Å². The van der Waals surface area contributed by atoms with Gasteiger partial charge in [-0.2, -0.15) is 0 Å². The van der Waals surface area contributed by atoms with Gasteiger partial charge in [0.25, 0.3) is 0 Å². The van der Waals surface area contributed by atoms with Crippen molar-refractivity contribution in [3.8, 4) is 28.3 Å². The van der Waals surface area contributed by atoms with Crippen LogP contribution in [0.25, 0.3) is 33.4 Å². The quantitative estimate of drug-likeness (QED) is 0.340. The van der Waals surface area contributed by atoms with Crippen LogP contribution in [0.3, 0.4) is 0 Å². The van der Waals surface area contributed by atoms with E-state index in [9.17, 15) is 4.39 Å². The number of nitrogens with one attached hydrogen (secondary N) is 1. The van der Waals surface area contributed by atoms with E-state index in [2.05, 4.69) is 15.3 Å². The lowest BCUT2D eigenvalue weighted by molar-refractivity contribution is 0.313. The summed E-state index contributed by atoms with van der Waals surface area (Å²) in [7, 11) is 1.80. The number of thiophene rings is 1. The first kappa shape index (κ1) is 20.1. The summed E-state index contributed by atoms with van der Waals surface area (Å²) in [6.07, 6.45) is 3.43. The van der Waals surface area contributed by atoms with Crippen molar-refractivity contribution in [2.75, 3.05) is 12.4 Å². The number of anilines is 1. The predicted molar refractivity (Wildman–Crippen MR) is 126 cm³/mol. The molecule has 0 saturated carbocycles. The standard InChI is InChI=1S/C25H19FN4OS/c1-27-25-20-12-17(19-8-2-3-9-21(19)26)13-22(31-15-18-7-5-11-32-18)23(20)29-24(30-25)16-6-4-10-28-14-16/h2-14H,15H2,1H3,(H,27,29,30). The zero-order valence-corrected chi connectivity index (χ0v) is 18.1. The molecule has 5 nitrogen and oxygen atoms in total. The van der Waals surface area contributed by atoms with Gasteiger partial charge in [0.15, 0.2) is 5.82 Å². The Balaban J connectivity index is 1.72. The molecule has 0 aliphatic heterocycles. The number of aromatic nitrogens is 3. The van der Waals surface area contributed by atoms with E-state index in [1.165, 1.54) is 6.07 Å². The molecule has 0 atom stereocenters. The minimum atomic E-state index is -0.296. The van der Waals surface area contributed by atoms with E-state index >= 15 is 0 Å². The second-order valence-electron chi connectivity index (χ2n) is 7.11. The molecule has 0 aliphatic rings. The molecule has 2 aromatic carbocycles. The first-order valence-corrected chi connectivity index (χ1v) is 10.9. The van der Waals surface area contributed by atoms with Gasteiger partial charge in [0.1, 0.15) is 29.5 Å². The first-order valence-electron chi connectivity index (χ1n) is 10.1. The third-order valence-corrected chi connectivity index (χ3v) is 5.91. The lowest BCUT2D eigenvalue weighted by atomic mass is 10.0. The van der Waals surface area contributed by atoms with Crippen LogP contribution in [0.2, 0.25) is 0 Å². The summed E-state index contributed by atoms with van der Waals surface area (Å²) in [4.78, 5) is 14.8. The van der Waals surface area contributed by atoms with E-state index in [0.717, 1.165) is 15.8 Å². The van der Waals surface area contributed by atoms with E-state index in [1.807, 2.05) is 47.8 Å². The number of ether oxygens (including phenoxy) is 1. The fourth-order valence-corrected chi connectivity index (χ4v) is 4.14. The fraction of sp³-hybridized carbons (Fsp3) is 0.0800. The summed E-state index contributed by atoms with van der Waals surface area (Å²) < 4.78 is 20.8. The van der Waals surface area contributed by atoms with Crippen molar-refractivity contribution in [3.05, 3.63) is 89.1 Å². The van der Waals surface area contributed by atoms with Crippen molar-refractivity contribution in [2.24, 2.45) is 0 Å². The van der Waals surface area contributed by atoms with Crippen LogP contribution < -0.4 is 10.1 Å². The maximum absolute atomic E-state index is 14.6. The van der Waals surface area contributed by atoms with Crippen molar-refractivity contribution in [2.45, 2.75) is 6.61 Å². The fourth-order valence-electron chi connectivity index (χ4n) is 3.52. The van der Waals surface area contributed by atoms with Gasteiger partial charge in [0.05, 0.1) is 0 Å². The van der Waals surface area contributed by atoms with Crippen LogP contribution in [-0.2, 0) is 6.61 Å². The lowest BCUT2D eigenvalue weighted by Gasteiger charge is -2.15. The Morgan fingerprint density at radius 1 is 1.00 bits per heavy atom. The third kappa shape index (κ3) is 3.90. The molecule has 0 spiro atoms. The molecule has 158 valence electrons. The number of rotatable bonds is 6. The number of pyridine rings is 1. The highest BCUT2D eigenvalue weighted by atomic mass is 32.1. The molecule has 0 radical (unpaired) electrons. The summed E-state index contributed by atoms with van der Waals surface area (Å²) >= 11 is 1.62. The summed E-state index contributed by atoms with van der Waals surface area (Å²) in [6, 6.07) is 18.2. The first-order chi connectivity index (χ1) is 15.7. The highest BCUT2D eigenvalue weighted by molar-refractivity contribution is 7.09. The Morgan fingerprint density at radius 3 is 2.66 bits per heavy atom. The molecular weight excluding hydrogens is 423 g/mol. The van der Waals surface area contributed by atoms with E-state index in [0.29, 0.717) is 40.6 Å². The maximum Gasteiger partial charge on any atom is 0.163 e. The molecule has 3 heterocycles. The van der Waals surface area contributed by atoms with Crippen molar-refractivity contribution >= 4 is 28.1 Å². The minimum absolute atomic E-state index is 0.296. The van der Waals surface area contributed by atoms with Crippen LogP contribution in [0.5, 0.6) is 5.75 Å². The van der Waals surface area contributed by atoms with Crippen molar-refractivity contribution in [1.82, 2.24) is 15.0 Å². The minimum Gasteiger partial charge on any atom is -0.486 e. The van der Waals surface area contributed by atoms with Gasteiger partial charge in [0, 0.05) is 40.8 Å². The lowest BCUT2D eigenvalue weighted by Crippen LogP contribution is -2.02. The largest absolute Gasteiger partial charge is 0.486 e. The molecule has 1 N–H and O–H groups in total. The Morgan fingerprint density at radius 2 is 1.91 bits per heavy atom. The molecule has 5 rings (SSSR count). The number of benzene rings is 2. The molecular formula is C25H19FN4OS. The summed E-state index contributed by atoms with van der Waals surface area (Å²) in [5.41, 5.74) is 2.65. The summed E-state index contributed by atoms with van der Waals surface area (Å²) in [6.45, 7) is 0.397. The van der Waals surface area contributed by atoms with Crippen molar-refractivity contribution in [1.29, 1.82) is 0 Å². The number of halogens is 1. The van der Waals surface area contributed by atoms with Crippen molar-refractivity contribution in [3.63, 3.8) is 0 Å². The van der Waals surface area contributed by atoms with E-state index in [1.54, 1.807) is 42.9 Å². The van der Waals surface area contributed by atoms with Crippen LogP contribution in [0.15, 0.2) is 78.4 Å². The Hall–Kier alpha value is -3.84. The SMILES string of the molecule is CNc1nc(-c2cccnc2)nc2c(OCc3cccs3)cc(-c3ccccc3F)cc12. The maximum atomic E-state index is 14.6. The van der Waals surface area contributed by atoms with Gasteiger partial charge in [-0.3, -0.25) is 4.98 Å². The third-order valence-electron chi connectivity index (χ3n) is 5.06. The van der Waals surface area contributed by atoms with Crippen LogP contribution >= 0.6 is 11.3 Å². The zero-order valence-electron chi connectivity index (χ0n) is 17.2. The van der Waals surface area contributed by atoms with Crippen LogP contribution in [0, 0.1) is 5.82 Å². The average molecular weight is 443 g/mol. The van der Waals surface area contributed by atoms with Gasteiger partial charge in [-0.05, 0) is 47.3 Å². The number of hydrogen-bond donors (Lipinski definition) is 1. The zero-order chi connectivity index (χ0) is 21.9. The van der Waals surface area contributed by atoms with Crippen LogP contribution in [0.1, 0.15) is 4.88 Å². The number of hydrogen-bond acceptors (Lipinski definition) is 6. The topological polar surface area (TPSA) is 59.9 Å². The second kappa shape index (κ2) is 8.72. The Labute approximate surface area is 188 Å².